The van der Waals surface area contributed by atoms with Gasteiger partial charge in [-0.3, -0.25) is 4.98 Å². The molecule has 2 heterocycles. The van der Waals surface area contributed by atoms with Crippen molar-refractivity contribution in [3.05, 3.63) is 51.9 Å². The topological polar surface area (TPSA) is 38.7 Å². The molecule has 2 aromatic heterocycles. The summed E-state index contributed by atoms with van der Waals surface area (Å²) in [6, 6.07) is 7.38. The second kappa shape index (κ2) is 5.79. The van der Waals surface area contributed by atoms with E-state index in [2.05, 4.69) is 15.0 Å². The quantitative estimate of drug-likeness (QED) is 0.610. The lowest BCUT2D eigenvalue weighted by atomic mass is 10.2. The van der Waals surface area contributed by atoms with E-state index in [1.807, 2.05) is 26.0 Å². The van der Waals surface area contributed by atoms with Crippen LogP contribution in [0.25, 0.3) is 10.9 Å². The van der Waals surface area contributed by atoms with E-state index in [4.69, 9.17) is 23.2 Å². The average Bonchev–Trinajstić information content (AvgIpc) is 2.36. The van der Waals surface area contributed by atoms with Crippen molar-refractivity contribution in [2.45, 2.75) is 23.9 Å². The summed E-state index contributed by atoms with van der Waals surface area (Å²) in [5.41, 5.74) is 2.65. The Hall–Kier alpha value is -1.36. The molecule has 0 fully saturated rings. The molecule has 1 aromatic carbocycles. The molecule has 106 valence electrons. The van der Waals surface area contributed by atoms with E-state index in [1.165, 1.54) is 11.8 Å². The van der Waals surface area contributed by atoms with Crippen LogP contribution in [0.1, 0.15) is 11.4 Å². The van der Waals surface area contributed by atoms with Crippen LogP contribution in [0.3, 0.4) is 0 Å². The zero-order valence-corrected chi connectivity index (χ0v) is 13.7. The molecule has 0 spiro atoms. The highest BCUT2D eigenvalue weighted by Gasteiger charge is 2.11. The molecule has 0 aliphatic carbocycles. The Morgan fingerprint density at radius 1 is 1.00 bits per heavy atom. The van der Waals surface area contributed by atoms with Gasteiger partial charge in [-0.05, 0) is 49.9 Å². The summed E-state index contributed by atoms with van der Waals surface area (Å²) >= 11 is 13.8. The third-order valence-electron chi connectivity index (χ3n) is 2.88. The number of rotatable bonds is 2. The van der Waals surface area contributed by atoms with Gasteiger partial charge in [0, 0.05) is 32.9 Å². The van der Waals surface area contributed by atoms with Crippen LogP contribution in [-0.2, 0) is 0 Å². The van der Waals surface area contributed by atoms with E-state index in [-0.39, 0.29) is 0 Å². The monoisotopic (exact) mass is 335 g/mol. The summed E-state index contributed by atoms with van der Waals surface area (Å²) in [5, 5.41) is 2.73. The summed E-state index contributed by atoms with van der Waals surface area (Å²) in [7, 11) is 0. The van der Waals surface area contributed by atoms with Crippen molar-refractivity contribution in [2.24, 2.45) is 0 Å². The van der Waals surface area contributed by atoms with Gasteiger partial charge in [-0.25, -0.2) is 9.97 Å². The maximum absolute atomic E-state index is 6.32. The molecule has 3 aromatic rings. The SMILES string of the molecule is Cc1cc(C)nc(Sc2ccnc3cc(Cl)cc(Cl)c23)n1. The summed E-state index contributed by atoms with van der Waals surface area (Å²) < 4.78 is 0. The standard InChI is InChI=1S/C15H11Cl2N3S/c1-8-5-9(2)20-15(19-8)21-13-3-4-18-12-7-10(16)6-11(17)14(12)13/h3-7H,1-2H3. The first-order chi connectivity index (χ1) is 10.0. The lowest BCUT2D eigenvalue weighted by molar-refractivity contribution is 0.902. The Kier molecular flexibility index (Phi) is 4.02. The lowest BCUT2D eigenvalue weighted by Gasteiger charge is -2.08. The van der Waals surface area contributed by atoms with E-state index in [0.29, 0.717) is 15.2 Å². The van der Waals surface area contributed by atoms with Gasteiger partial charge >= 0.3 is 0 Å². The number of hydrogen-bond acceptors (Lipinski definition) is 4. The molecule has 0 N–H and O–H groups in total. The summed E-state index contributed by atoms with van der Waals surface area (Å²) in [4.78, 5) is 14.2. The van der Waals surface area contributed by atoms with Gasteiger partial charge in [0.2, 0.25) is 0 Å². The van der Waals surface area contributed by atoms with Gasteiger partial charge in [-0.2, -0.15) is 0 Å². The van der Waals surface area contributed by atoms with Crippen LogP contribution in [0.4, 0.5) is 0 Å². The number of hydrogen-bond donors (Lipinski definition) is 0. The van der Waals surface area contributed by atoms with Gasteiger partial charge < -0.3 is 0 Å². The lowest BCUT2D eigenvalue weighted by Crippen LogP contribution is -1.93. The fraction of sp³-hybridized carbons (Fsp3) is 0.133. The van der Waals surface area contributed by atoms with E-state index in [9.17, 15) is 0 Å². The molecule has 0 bridgehead atoms. The Bertz CT molecular complexity index is 816. The maximum atomic E-state index is 6.32. The van der Waals surface area contributed by atoms with Crippen LogP contribution < -0.4 is 0 Å². The number of pyridine rings is 1. The highest BCUT2D eigenvalue weighted by molar-refractivity contribution is 7.99. The Morgan fingerprint density at radius 2 is 1.71 bits per heavy atom. The molecular formula is C15H11Cl2N3S. The van der Waals surface area contributed by atoms with Crippen molar-refractivity contribution in [1.82, 2.24) is 15.0 Å². The average molecular weight is 336 g/mol. The molecular weight excluding hydrogens is 325 g/mol. The van der Waals surface area contributed by atoms with Crippen molar-refractivity contribution in [3.8, 4) is 0 Å². The Labute approximate surface area is 136 Å². The first-order valence-electron chi connectivity index (χ1n) is 6.27. The highest BCUT2D eigenvalue weighted by atomic mass is 35.5. The predicted octanol–water partition coefficient (Wildman–Crippen LogP) is 5.10. The molecule has 3 nitrogen and oxygen atoms in total. The second-order valence-electron chi connectivity index (χ2n) is 4.63. The fourth-order valence-corrected chi connectivity index (χ4v) is 3.76. The minimum absolute atomic E-state index is 0.574. The highest BCUT2D eigenvalue weighted by Crippen LogP contribution is 2.36. The molecule has 21 heavy (non-hydrogen) atoms. The fourth-order valence-electron chi connectivity index (χ4n) is 2.10. The molecule has 0 amide bonds. The van der Waals surface area contributed by atoms with Crippen molar-refractivity contribution >= 4 is 45.9 Å². The normalized spacial score (nSPS) is 11.0. The van der Waals surface area contributed by atoms with Gasteiger partial charge in [0.15, 0.2) is 5.16 Å². The smallest absolute Gasteiger partial charge is 0.192 e. The minimum atomic E-state index is 0.574. The molecule has 0 saturated heterocycles. The van der Waals surface area contributed by atoms with Crippen molar-refractivity contribution in [2.75, 3.05) is 0 Å². The van der Waals surface area contributed by atoms with Crippen molar-refractivity contribution in [1.29, 1.82) is 0 Å². The van der Waals surface area contributed by atoms with Gasteiger partial charge in [0.1, 0.15) is 0 Å². The van der Waals surface area contributed by atoms with E-state index < -0.39 is 0 Å². The molecule has 6 heteroatoms. The first-order valence-corrected chi connectivity index (χ1v) is 7.84. The number of aryl methyl sites for hydroxylation is 2. The molecule has 3 rings (SSSR count). The third kappa shape index (κ3) is 3.12. The molecule has 0 atom stereocenters. The van der Waals surface area contributed by atoms with Crippen molar-refractivity contribution in [3.63, 3.8) is 0 Å². The zero-order chi connectivity index (χ0) is 15.0. The summed E-state index contributed by atoms with van der Waals surface area (Å²) in [6.07, 6.45) is 1.74. The number of aromatic nitrogens is 3. The minimum Gasteiger partial charge on any atom is -0.256 e. The number of fused-ring (bicyclic) bond motifs is 1. The first kappa shape index (κ1) is 14.6. The Morgan fingerprint density at radius 3 is 2.43 bits per heavy atom. The summed E-state index contributed by atoms with van der Waals surface area (Å²) in [5.74, 6) is 0. The number of benzene rings is 1. The van der Waals surface area contributed by atoms with Crippen LogP contribution in [-0.4, -0.2) is 15.0 Å². The van der Waals surface area contributed by atoms with E-state index in [0.717, 1.165) is 27.2 Å². The van der Waals surface area contributed by atoms with Gasteiger partial charge in [0.05, 0.1) is 10.5 Å². The Balaban J connectivity index is 2.12. The van der Waals surface area contributed by atoms with Crippen LogP contribution in [0, 0.1) is 13.8 Å². The van der Waals surface area contributed by atoms with Crippen molar-refractivity contribution < 1.29 is 0 Å². The zero-order valence-electron chi connectivity index (χ0n) is 11.4. The largest absolute Gasteiger partial charge is 0.256 e. The van der Waals surface area contributed by atoms with E-state index >= 15 is 0 Å². The van der Waals surface area contributed by atoms with Gasteiger partial charge in [0.25, 0.3) is 0 Å². The third-order valence-corrected chi connectivity index (χ3v) is 4.32. The molecule has 0 aliphatic heterocycles. The predicted molar refractivity (Wildman–Crippen MR) is 87.4 cm³/mol. The maximum Gasteiger partial charge on any atom is 0.192 e. The molecule has 0 radical (unpaired) electrons. The molecule has 0 unspecified atom stereocenters. The molecule has 0 aliphatic rings. The van der Waals surface area contributed by atoms with Crippen LogP contribution in [0.2, 0.25) is 10.0 Å². The second-order valence-corrected chi connectivity index (χ2v) is 6.48. The summed E-state index contributed by atoms with van der Waals surface area (Å²) in [6.45, 7) is 3.91. The van der Waals surface area contributed by atoms with Gasteiger partial charge in [-0.1, -0.05) is 23.2 Å². The van der Waals surface area contributed by atoms with Gasteiger partial charge in [-0.15, -0.1) is 0 Å². The van der Waals surface area contributed by atoms with E-state index in [1.54, 1.807) is 18.3 Å². The number of nitrogens with zero attached hydrogens (tertiary/aromatic N) is 3. The van der Waals surface area contributed by atoms with Crippen LogP contribution in [0.15, 0.2) is 40.5 Å². The molecule has 0 saturated carbocycles. The number of halogens is 2. The van der Waals surface area contributed by atoms with Crippen LogP contribution in [0.5, 0.6) is 0 Å². The van der Waals surface area contributed by atoms with Crippen LogP contribution >= 0.6 is 35.0 Å².